The second kappa shape index (κ2) is 4.20. The van der Waals surface area contributed by atoms with Gasteiger partial charge in [-0.1, -0.05) is 20.8 Å². The molecule has 1 aromatic heterocycles. The van der Waals surface area contributed by atoms with E-state index in [1.165, 1.54) is 0 Å². The number of hydrogen-bond donors (Lipinski definition) is 1. The first kappa shape index (κ1) is 10.7. The molecule has 3 heteroatoms. The van der Waals surface area contributed by atoms with E-state index in [1.54, 1.807) is 11.3 Å². The van der Waals surface area contributed by atoms with E-state index < -0.39 is 0 Å². The predicted molar refractivity (Wildman–Crippen MR) is 55.9 cm³/mol. The van der Waals surface area contributed by atoms with Gasteiger partial charge in [0.05, 0.1) is 11.1 Å². The molecule has 1 atom stereocenters. The molecule has 1 aromatic rings. The van der Waals surface area contributed by atoms with Crippen LogP contribution in [0.4, 0.5) is 0 Å². The molecule has 0 fully saturated rings. The van der Waals surface area contributed by atoms with E-state index in [0.29, 0.717) is 0 Å². The molecular weight excluding hydrogens is 182 g/mol. The van der Waals surface area contributed by atoms with Gasteiger partial charge in [0.2, 0.25) is 0 Å². The SMILES string of the molecule is CC(C)(C)C(O)CCc1nccs1. The highest BCUT2D eigenvalue weighted by molar-refractivity contribution is 7.09. The molecule has 0 spiro atoms. The van der Waals surface area contributed by atoms with E-state index >= 15 is 0 Å². The summed E-state index contributed by atoms with van der Waals surface area (Å²) in [6.45, 7) is 6.17. The van der Waals surface area contributed by atoms with Crippen LogP contribution < -0.4 is 0 Å². The highest BCUT2D eigenvalue weighted by Crippen LogP contribution is 2.23. The first-order valence-electron chi connectivity index (χ1n) is 4.56. The number of nitrogens with zero attached hydrogens (tertiary/aromatic N) is 1. The topological polar surface area (TPSA) is 33.1 Å². The fourth-order valence-corrected chi connectivity index (χ4v) is 1.71. The van der Waals surface area contributed by atoms with Gasteiger partial charge in [-0.25, -0.2) is 4.98 Å². The molecule has 74 valence electrons. The molecule has 0 amide bonds. The molecule has 0 aliphatic heterocycles. The Morgan fingerprint density at radius 1 is 1.54 bits per heavy atom. The Hall–Kier alpha value is -0.410. The number of aliphatic hydroxyl groups is 1. The van der Waals surface area contributed by atoms with Gasteiger partial charge in [-0.05, 0) is 11.8 Å². The molecule has 13 heavy (non-hydrogen) atoms. The monoisotopic (exact) mass is 199 g/mol. The Labute approximate surface area is 83.6 Å². The van der Waals surface area contributed by atoms with E-state index in [2.05, 4.69) is 25.8 Å². The number of aromatic nitrogens is 1. The first-order valence-corrected chi connectivity index (χ1v) is 5.44. The summed E-state index contributed by atoms with van der Waals surface area (Å²) in [6, 6.07) is 0. The van der Waals surface area contributed by atoms with E-state index in [-0.39, 0.29) is 11.5 Å². The van der Waals surface area contributed by atoms with Crippen molar-refractivity contribution in [3.05, 3.63) is 16.6 Å². The maximum absolute atomic E-state index is 9.76. The summed E-state index contributed by atoms with van der Waals surface area (Å²) in [6.07, 6.45) is 3.26. The molecule has 1 heterocycles. The van der Waals surface area contributed by atoms with Crippen LogP contribution in [0.3, 0.4) is 0 Å². The third-order valence-electron chi connectivity index (χ3n) is 2.11. The van der Waals surface area contributed by atoms with Gasteiger partial charge in [0.25, 0.3) is 0 Å². The summed E-state index contributed by atoms with van der Waals surface area (Å²) in [4.78, 5) is 4.18. The Morgan fingerprint density at radius 3 is 2.69 bits per heavy atom. The van der Waals surface area contributed by atoms with Gasteiger partial charge in [-0.15, -0.1) is 11.3 Å². The minimum absolute atomic E-state index is 0.0166. The summed E-state index contributed by atoms with van der Waals surface area (Å²) in [5.41, 5.74) is -0.0166. The lowest BCUT2D eigenvalue weighted by Crippen LogP contribution is -2.26. The molecule has 0 saturated heterocycles. The zero-order chi connectivity index (χ0) is 9.90. The summed E-state index contributed by atoms with van der Waals surface area (Å²) < 4.78 is 0. The van der Waals surface area contributed by atoms with Gasteiger partial charge in [0, 0.05) is 18.0 Å². The van der Waals surface area contributed by atoms with Crippen LogP contribution >= 0.6 is 11.3 Å². The number of thiazole rings is 1. The maximum Gasteiger partial charge on any atom is 0.0925 e. The zero-order valence-corrected chi connectivity index (χ0v) is 9.27. The summed E-state index contributed by atoms with van der Waals surface area (Å²) in [5.74, 6) is 0. The van der Waals surface area contributed by atoms with Crippen molar-refractivity contribution in [1.29, 1.82) is 0 Å². The highest BCUT2D eigenvalue weighted by Gasteiger charge is 2.21. The van der Waals surface area contributed by atoms with Crippen LogP contribution in [0.5, 0.6) is 0 Å². The first-order chi connectivity index (χ1) is 6.00. The molecule has 2 nitrogen and oxygen atoms in total. The number of hydrogen-bond acceptors (Lipinski definition) is 3. The number of aryl methyl sites for hydroxylation is 1. The molecule has 0 bridgehead atoms. The van der Waals surface area contributed by atoms with Crippen molar-refractivity contribution >= 4 is 11.3 Å². The van der Waals surface area contributed by atoms with Crippen molar-refractivity contribution < 1.29 is 5.11 Å². The van der Waals surface area contributed by atoms with Crippen molar-refractivity contribution in [1.82, 2.24) is 4.98 Å². The van der Waals surface area contributed by atoms with Gasteiger partial charge < -0.3 is 5.11 Å². The molecule has 0 aromatic carbocycles. The molecule has 0 aliphatic rings. The van der Waals surface area contributed by atoms with Gasteiger partial charge in [-0.2, -0.15) is 0 Å². The quantitative estimate of drug-likeness (QED) is 0.811. The summed E-state index contributed by atoms with van der Waals surface area (Å²) in [7, 11) is 0. The van der Waals surface area contributed by atoms with E-state index in [4.69, 9.17) is 0 Å². The van der Waals surface area contributed by atoms with Crippen molar-refractivity contribution in [2.24, 2.45) is 5.41 Å². The molecular formula is C10H17NOS. The molecule has 0 aliphatic carbocycles. The molecule has 1 unspecified atom stereocenters. The zero-order valence-electron chi connectivity index (χ0n) is 8.45. The third kappa shape index (κ3) is 3.44. The van der Waals surface area contributed by atoms with Crippen LogP contribution in [0.1, 0.15) is 32.2 Å². The van der Waals surface area contributed by atoms with Crippen LogP contribution in [-0.4, -0.2) is 16.2 Å². The van der Waals surface area contributed by atoms with Crippen LogP contribution in [0.2, 0.25) is 0 Å². The fraction of sp³-hybridized carbons (Fsp3) is 0.700. The Balaban J connectivity index is 2.35. The van der Waals surface area contributed by atoms with Gasteiger partial charge in [0.1, 0.15) is 0 Å². The van der Waals surface area contributed by atoms with E-state index in [0.717, 1.165) is 17.8 Å². The second-order valence-corrected chi connectivity index (χ2v) is 5.33. The van der Waals surface area contributed by atoms with Crippen LogP contribution in [-0.2, 0) is 6.42 Å². The summed E-state index contributed by atoms with van der Waals surface area (Å²) in [5, 5.41) is 12.8. The highest BCUT2D eigenvalue weighted by atomic mass is 32.1. The van der Waals surface area contributed by atoms with Gasteiger partial charge >= 0.3 is 0 Å². The fourth-order valence-electron chi connectivity index (χ4n) is 1.07. The molecule has 1 rings (SSSR count). The van der Waals surface area contributed by atoms with Crippen LogP contribution in [0.25, 0.3) is 0 Å². The lowest BCUT2D eigenvalue weighted by atomic mass is 9.87. The summed E-state index contributed by atoms with van der Waals surface area (Å²) >= 11 is 1.65. The normalized spacial score (nSPS) is 14.5. The standard InChI is InChI=1S/C10H17NOS/c1-10(2,3)8(12)4-5-9-11-6-7-13-9/h6-8,12H,4-5H2,1-3H3. The lowest BCUT2D eigenvalue weighted by Gasteiger charge is -2.25. The second-order valence-electron chi connectivity index (χ2n) is 4.35. The molecule has 0 radical (unpaired) electrons. The van der Waals surface area contributed by atoms with Gasteiger partial charge in [-0.3, -0.25) is 0 Å². The predicted octanol–water partition coefficient (Wildman–Crippen LogP) is 2.48. The third-order valence-corrected chi connectivity index (χ3v) is 2.95. The molecule has 1 N–H and O–H groups in total. The van der Waals surface area contributed by atoms with Crippen molar-refractivity contribution in [3.63, 3.8) is 0 Å². The Morgan fingerprint density at radius 2 is 2.23 bits per heavy atom. The van der Waals surface area contributed by atoms with Crippen molar-refractivity contribution in [2.75, 3.05) is 0 Å². The Bertz CT molecular complexity index is 238. The van der Waals surface area contributed by atoms with Gasteiger partial charge in [0.15, 0.2) is 0 Å². The minimum atomic E-state index is -0.239. The largest absolute Gasteiger partial charge is 0.393 e. The maximum atomic E-state index is 9.76. The average molecular weight is 199 g/mol. The average Bonchev–Trinajstić information content (AvgIpc) is 2.50. The van der Waals surface area contributed by atoms with E-state index in [1.807, 2.05) is 11.6 Å². The van der Waals surface area contributed by atoms with Crippen molar-refractivity contribution in [3.8, 4) is 0 Å². The minimum Gasteiger partial charge on any atom is -0.393 e. The molecule has 0 saturated carbocycles. The Kier molecular flexibility index (Phi) is 3.45. The van der Waals surface area contributed by atoms with Crippen molar-refractivity contribution in [2.45, 2.75) is 39.7 Å². The lowest BCUT2D eigenvalue weighted by molar-refractivity contribution is 0.0560. The van der Waals surface area contributed by atoms with Crippen LogP contribution in [0, 0.1) is 5.41 Å². The smallest absolute Gasteiger partial charge is 0.0925 e. The van der Waals surface area contributed by atoms with Crippen LogP contribution in [0.15, 0.2) is 11.6 Å². The van der Waals surface area contributed by atoms with E-state index in [9.17, 15) is 5.11 Å². The number of aliphatic hydroxyl groups excluding tert-OH is 1. The number of rotatable bonds is 3.